The lowest BCUT2D eigenvalue weighted by molar-refractivity contribution is 0.516. The molecule has 0 saturated heterocycles. The Bertz CT molecular complexity index is 491. The van der Waals surface area contributed by atoms with E-state index in [1.54, 1.807) is 17.4 Å². The predicted molar refractivity (Wildman–Crippen MR) is 85.5 cm³/mol. The molecule has 102 valence electrons. The summed E-state index contributed by atoms with van der Waals surface area (Å²) < 4.78 is 0. The molecule has 1 aromatic heterocycles. The van der Waals surface area contributed by atoms with Crippen molar-refractivity contribution >= 4 is 34.5 Å². The summed E-state index contributed by atoms with van der Waals surface area (Å²) in [5.74, 6) is 0. The summed E-state index contributed by atoms with van der Waals surface area (Å²) in [6.45, 7) is 3.04. The monoisotopic (exact) mass is 313 g/mol. The van der Waals surface area contributed by atoms with E-state index in [4.69, 9.17) is 23.2 Å². The molecule has 2 aromatic rings. The van der Waals surface area contributed by atoms with Crippen molar-refractivity contribution in [3.63, 3.8) is 0 Å². The summed E-state index contributed by atoms with van der Waals surface area (Å²) >= 11 is 13.9. The van der Waals surface area contributed by atoms with Crippen LogP contribution >= 0.6 is 34.5 Å². The third-order valence-electron chi connectivity index (χ3n) is 3.04. The minimum atomic E-state index is 0.293. The third kappa shape index (κ3) is 4.50. The Hall–Kier alpha value is -0.540. The number of thiophene rings is 1. The molecule has 1 nitrogen and oxygen atoms in total. The second kappa shape index (κ2) is 7.30. The van der Waals surface area contributed by atoms with Crippen LogP contribution in [0.15, 0.2) is 35.0 Å². The van der Waals surface area contributed by atoms with Crippen LogP contribution in [0, 0.1) is 0 Å². The first-order chi connectivity index (χ1) is 9.19. The molecule has 0 aliphatic heterocycles. The highest BCUT2D eigenvalue weighted by Crippen LogP contribution is 2.26. The Morgan fingerprint density at radius 1 is 1.21 bits per heavy atom. The van der Waals surface area contributed by atoms with Gasteiger partial charge in [-0.05, 0) is 65.5 Å². The number of hydrogen-bond donors (Lipinski definition) is 1. The molecule has 0 radical (unpaired) electrons. The first kappa shape index (κ1) is 14.9. The lowest BCUT2D eigenvalue weighted by Gasteiger charge is -2.18. The van der Waals surface area contributed by atoms with Crippen LogP contribution < -0.4 is 5.32 Å². The maximum atomic E-state index is 6.08. The van der Waals surface area contributed by atoms with Crippen molar-refractivity contribution in [3.8, 4) is 0 Å². The molecule has 2 rings (SSSR count). The van der Waals surface area contributed by atoms with Crippen LogP contribution in [0.1, 0.15) is 30.5 Å². The Morgan fingerprint density at radius 3 is 2.53 bits per heavy atom. The van der Waals surface area contributed by atoms with E-state index in [9.17, 15) is 0 Å². The molecular formula is C15H17Cl2NS. The number of benzene rings is 1. The third-order valence-corrected chi connectivity index (χ3v) is 4.21. The Balaban J connectivity index is 2.09. The van der Waals surface area contributed by atoms with Gasteiger partial charge in [-0.1, -0.05) is 30.1 Å². The van der Waals surface area contributed by atoms with E-state index < -0.39 is 0 Å². The highest BCUT2D eigenvalue weighted by Gasteiger charge is 2.12. The van der Waals surface area contributed by atoms with E-state index in [1.165, 1.54) is 5.56 Å². The van der Waals surface area contributed by atoms with E-state index in [0.717, 1.165) is 24.9 Å². The van der Waals surface area contributed by atoms with Crippen molar-refractivity contribution in [2.45, 2.75) is 25.8 Å². The highest BCUT2D eigenvalue weighted by atomic mass is 35.5. The van der Waals surface area contributed by atoms with Gasteiger partial charge in [-0.15, -0.1) is 0 Å². The standard InChI is InChI=1S/C15H17Cl2NS/c1-2-18-15(4-3-11-5-6-19-10-11)12-7-13(16)9-14(17)8-12/h5-10,15,18H,2-4H2,1H3. The van der Waals surface area contributed by atoms with Crippen LogP contribution in [0.3, 0.4) is 0 Å². The average molecular weight is 314 g/mol. The van der Waals surface area contributed by atoms with Crippen LogP contribution in [0.5, 0.6) is 0 Å². The molecule has 1 heterocycles. The molecule has 1 unspecified atom stereocenters. The first-order valence-electron chi connectivity index (χ1n) is 6.39. The topological polar surface area (TPSA) is 12.0 Å². The first-order valence-corrected chi connectivity index (χ1v) is 8.09. The highest BCUT2D eigenvalue weighted by molar-refractivity contribution is 7.07. The van der Waals surface area contributed by atoms with Crippen molar-refractivity contribution in [3.05, 3.63) is 56.2 Å². The van der Waals surface area contributed by atoms with Crippen molar-refractivity contribution in [2.24, 2.45) is 0 Å². The second-order valence-electron chi connectivity index (χ2n) is 4.48. The smallest absolute Gasteiger partial charge is 0.0424 e. The molecule has 0 amide bonds. The van der Waals surface area contributed by atoms with E-state index in [1.807, 2.05) is 12.1 Å². The van der Waals surface area contributed by atoms with Gasteiger partial charge in [0, 0.05) is 16.1 Å². The van der Waals surface area contributed by atoms with Crippen LogP contribution in [-0.4, -0.2) is 6.54 Å². The zero-order chi connectivity index (χ0) is 13.7. The summed E-state index contributed by atoms with van der Waals surface area (Å²) in [6, 6.07) is 8.23. The normalized spacial score (nSPS) is 12.6. The maximum absolute atomic E-state index is 6.08. The van der Waals surface area contributed by atoms with E-state index >= 15 is 0 Å². The van der Waals surface area contributed by atoms with E-state index in [2.05, 4.69) is 29.1 Å². The summed E-state index contributed by atoms with van der Waals surface area (Å²) in [5.41, 5.74) is 2.55. The van der Waals surface area contributed by atoms with Gasteiger partial charge in [-0.25, -0.2) is 0 Å². The zero-order valence-electron chi connectivity index (χ0n) is 10.8. The molecular weight excluding hydrogens is 297 g/mol. The molecule has 19 heavy (non-hydrogen) atoms. The number of hydrogen-bond acceptors (Lipinski definition) is 2. The molecule has 0 fully saturated rings. The fourth-order valence-corrected chi connectivity index (χ4v) is 3.40. The summed E-state index contributed by atoms with van der Waals surface area (Å²) in [4.78, 5) is 0. The summed E-state index contributed by atoms with van der Waals surface area (Å²) in [7, 11) is 0. The van der Waals surface area contributed by atoms with Crippen LogP contribution in [0.25, 0.3) is 0 Å². The second-order valence-corrected chi connectivity index (χ2v) is 6.14. The molecule has 0 saturated carbocycles. The summed E-state index contributed by atoms with van der Waals surface area (Å²) in [6.07, 6.45) is 2.10. The van der Waals surface area contributed by atoms with Gasteiger partial charge in [0.15, 0.2) is 0 Å². The Kier molecular flexibility index (Phi) is 5.71. The molecule has 1 aromatic carbocycles. The average Bonchev–Trinajstić information content (AvgIpc) is 2.86. The fraction of sp³-hybridized carbons (Fsp3) is 0.333. The lowest BCUT2D eigenvalue weighted by atomic mass is 10.00. The minimum absolute atomic E-state index is 0.293. The van der Waals surface area contributed by atoms with Crippen molar-refractivity contribution < 1.29 is 0 Å². The molecule has 0 bridgehead atoms. The van der Waals surface area contributed by atoms with Crippen molar-refractivity contribution in [1.29, 1.82) is 0 Å². The van der Waals surface area contributed by atoms with Gasteiger partial charge in [0.05, 0.1) is 0 Å². The predicted octanol–water partition coefficient (Wildman–Crippen LogP) is 5.34. The van der Waals surface area contributed by atoms with Crippen molar-refractivity contribution in [1.82, 2.24) is 5.32 Å². The zero-order valence-corrected chi connectivity index (χ0v) is 13.2. The van der Waals surface area contributed by atoms with Gasteiger partial charge in [0.25, 0.3) is 0 Å². The fourth-order valence-electron chi connectivity index (χ4n) is 2.16. The largest absolute Gasteiger partial charge is 0.310 e. The van der Waals surface area contributed by atoms with E-state index in [-0.39, 0.29) is 0 Å². The summed E-state index contributed by atoms with van der Waals surface area (Å²) in [5, 5.41) is 9.21. The number of halogens is 2. The van der Waals surface area contributed by atoms with Gasteiger partial charge in [-0.3, -0.25) is 0 Å². The van der Waals surface area contributed by atoms with E-state index in [0.29, 0.717) is 16.1 Å². The SMILES string of the molecule is CCNC(CCc1ccsc1)c1cc(Cl)cc(Cl)c1. The van der Waals surface area contributed by atoms with Gasteiger partial charge in [-0.2, -0.15) is 11.3 Å². The van der Waals surface area contributed by atoms with Crippen LogP contribution in [-0.2, 0) is 6.42 Å². The molecule has 4 heteroatoms. The Morgan fingerprint density at radius 2 is 1.95 bits per heavy atom. The van der Waals surface area contributed by atoms with Gasteiger partial charge >= 0.3 is 0 Å². The molecule has 0 aliphatic carbocycles. The quantitative estimate of drug-likeness (QED) is 0.759. The number of aryl methyl sites for hydroxylation is 1. The molecule has 0 spiro atoms. The Labute approximate surface area is 128 Å². The van der Waals surface area contributed by atoms with Gasteiger partial charge in [0.1, 0.15) is 0 Å². The maximum Gasteiger partial charge on any atom is 0.0424 e. The van der Waals surface area contributed by atoms with Crippen LogP contribution in [0.4, 0.5) is 0 Å². The molecule has 0 aliphatic rings. The number of nitrogens with one attached hydrogen (secondary N) is 1. The van der Waals surface area contributed by atoms with Crippen LogP contribution in [0.2, 0.25) is 10.0 Å². The number of rotatable bonds is 6. The van der Waals surface area contributed by atoms with Gasteiger partial charge in [0.2, 0.25) is 0 Å². The molecule has 1 N–H and O–H groups in total. The lowest BCUT2D eigenvalue weighted by Crippen LogP contribution is -2.21. The van der Waals surface area contributed by atoms with Gasteiger partial charge < -0.3 is 5.32 Å². The van der Waals surface area contributed by atoms with Crippen molar-refractivity contribution in [2.75, 3.05) is 6.54 Å². The molecule has 1 atom stereocenters. The minimum Gasteiger partial charge on any atom is -0.310 e.